The third kappa shape index (κ3) is 5.99. The summed E-state index contributed by atoms with van der Waals surface area (Å²) in [5.74, 6) is 1.82. The van der Waals surface area contributed by atoms with Crippen molar-refractivity contribution in [3.05, 3.63) is 59.7 Å². The molecule has 0 heterocycles. The Morgan fingerprint density at radius 3 is 2.35 bits per heavy atom. The number of methoxy groups -OCH3 is 2. The molecule has 140 valence electrons. The van der Waals surface area contributed by atoms with Crippen LogP contribution < -0.4 is 20.1 Å². The SMILES string of the molecule is COc1ccc(CCNC(=O)NCCC(C)c2ccccc2)cc1OC. The lowest BCUT2D eigenvalue weighted by atomic mass is 9.98. The third-order valence-electron chi connectivity index (χ3n) is 4.38. The van der Waals surface area contributed by atoms with E-state index in [4.69, 9.17) is 9.47 Å². The highest BCUT2D eigenvalue weighted by Crippen LogP contribution is 2.27. The van der Waals surface area contributed by atoms with Crippen LogP contribution in [-0.2, 0) is 6.42 Å². The summed E-state index contributed by atoms with van der Waals surface area (Å²) in [5, 5.41) is 5.80. The van der Waals surface area contributed by atoms with Crippen LogP contribution >= 0.6 is 0 Å². The monoisotopic (exact) mass is 356 g/mol. The molecule has 0 aliphatic rings. The van der Waals surface area contributed by atoms with E-state index in [0.717, 1.165) is 18.4 Å². The quantitative estimate of drug-likeness (QED) is 0.719. The van der Waals surface area contributed by atoms with E-state index in [0.29, 0.717) is 30.5 Å². The molecule has 0 spiro atoms. The maximum Gasteiger partial charge on any atom is 0.314 e. The Morgan fingerprint density at radius 1 is 0.962 bits per heavy atom. The van der Waals surface area contributed by atoms with Gasteiger partial charge < -0.3 is 20.1 Å². The standard InChI is InChI=1S/C21H28N2O3/c1-16(18-7-5-4-6-8-18)11-13-22-21(24)23-14-12-17-9-10-19(25-2)20(15-17)26-3/h4-10,15-16H,11-14H2,1-3H3,(H2,22,23,24). The smallest absolute Gasteiger partial charge is 0.314 e. The second-order valence-corrected chi connectivity index (χ2v) is 6.22. The van der Waals surface area contributed by atoms with E-state index in [-0.39, 0.29) is 6.03 Å². The van der Waals surface area contributed by atoms with Gasteiger partial charge in [-0.25, -0.2) is 4.79 Å². The third-order valence-corrected chi connectivity index (χ3v) is 4.38. The molecule has 0 fully saturated rings. The number of carbonyl (C=O) groups is 1. The Bertz CT molecular complexity index is 689. The second-order valence-electron chi connectivity index (χ2n) is 6.22. The predicted molar refractivity (Wildman–Crippen MR) is 104 cm³/mol. The molecule has 0 bridgehead atoms. The molecule has 0 radical (unpaired) electrons. The van der Waals surface area contributed by atoms with E-state index in [2.05, 4.69) is 29.7 Å². The molecule has 2 rings (SSSR count). The largest absolute Gasteiger partial charge is 0.493 e. The van der Waals surface area contributed by atoms with Gasteiger partial charge in [-0.1, -0.05) is 43.3 Å². The van der Waals surface area contributed by atoms with Crippen molar-refractivity contribution in [2.45, 2.75) is 25.7 Å². The van der Waals surface area contributed by atoms with Crippen LogP contribution in [0.5, 0.6) is 11.5 Å². The van der Waals surface area contributed by atoms with Crippen LogP contribution in [0.15, 0.2) is 48.5 Å². The molecule has 2 N–H and O–H groups in total. The molecule has 1 unspecified atom stereocenters. The summed E-state index contributed by atoms with van der Waals surface area (Å²) in [6.45, 7) is 3.39. The molecule has 2 aromatic rings. The van der Waals surface area contributed by atoms with Crippen molar-refractivity contribution in [1.29, 1.82) is 0 Å². The molecule has 2 amide bonds. The van der Waals surface area contributed by atoms with Crippen molar-refractivity contribution in [2.24, 2.45) is 0 Å². The number of carbonyl (C=O) groups excluding carboxylic acids is 1. The molecule has 26 heavy (non-hydrogen) atoms. The predicted octanol–water partition coefficient (Wildman–Crippen LogP) is 3.74. The summed E-state index contributed by atoms with van der Waals surface area (Å²) < 4.78 is 10.5. The molecule has 5 nitrogen and oxygen atoms in total. The summed E-state index contributed by atoms with van der Waals surface area (Å²) in [6, 6.07) is 16.0. The minimum absolute atomic E-state index is 0.134. The average molecular weight is 356 g/mol. The van der Waals surface area contributed by atoms with E-state index >= 15 is 0 Å². The number of hydrogen-bond acceptors (Lipinski definition) is 3. The van der Waals surface area contributed by atoms with Crippen LogP contribution in [0.3, 0.4) is 0 Å². The van der Waals surface area contributed by atoms with Gasteiger partial charge in [-0.3, -0.25) is 0 Å². The minimum atomic E-state index is -0.134. The Balaban J connectivity index is 1.67. The zero-order valence-electron chi connectivity index (χ0n) is 15.7. The number of amides is 2. The van der Waals surface area contributed by atoms with Gasteiger partial charge in [0, 0.05) is 13.1 Å². The van der Waals surface area contributed by atoms with E-state index in [1.54, 1.807) is 14.2 Å². The van der Waals surface area contributed by atoms with Crippen LogP contribution in [0.4, 0.5) is 4.79 Å². The zero-order valence-corrected chi connectivity index (χ0v) is 15.7. The van der Waals surface area contributed by atoms with Crippen LogP contribution in [0.2, 0.25) is 0 Å². The fourth-order valence-electron chi connectivity index (χ4n) is 2.77. The highest BCUT2D eigenvalue weighted by Gasteiger charge is 2.07. The summed E-state index contributed by atoms with van der Waals surface area (Å²) in [5.41, 5.74) is 2.38. The first-order chi connectivity index (χ1) is 12.6. The lowest BCUT2D eigenvalue weighted by Crippen LogP contribution is -2.37. The highest BCUT2D eigenvalue weighted by atomic mass is 16.5. The van der Waals surface area contributed by atoms with Crippen molar-refractivity contribution >= 4 is 6.03 Å². The van der Waals surface area contributed by atoms with Gasteiger partial charge >= 0.3 is 6.03 Å². The number of benzene rings is 2. The maximum atomic E-state index is 11.9. The van der Waals surface area contributed by atoms with Crippen LogP contribution in [0.25, 0.3) is 0 Å². The summed E-state index contributed by atoms with van der Waals surface area (Å²) in [6.07, 6.45) is 1.64. The lowest BCUT2D eigenvalue weighted by Gasteiger charge is -2.13. The van der Waals surface area contributed by atoms with Gasteiger partial charge in [-0.05, 0) is 42.0 Å². The van der Waals surface area contributed by atoms with Crippen molar-refractivity contribution < 1.29 is 14.3 Å². The second kappa shape index (κ2) is 10.3. The van der Waals surface area contributed by atoms with Gasteiger partial charge in [0.05, 0.1) is 14.2 Å². The first-order valence-corrected chi connectivity index (χ1v) is 8.91. The van der Waals surface area contributed by atoms with Gasteiger partial charge in [0.2, 0.25) is 0 Å². The number of hydrogen-bond donors (Lipinski definition) is 2. The Kier molecular flexibility index (Phi) is 7.80. The molecule has 0 aliphatic carbocycles. The van der Waals surface area contributed by atoms with Crippen LogP contribution in [-0.4, -0.2) is 33.3 Å². The Morgan fingerprint density at radius 2 is 1.65 bits per heavy atom. The zero-order chi connectivity index (χ0) is 18.8. The van der Waals surface area contributed by atoms with Crippen molar-refractivity contribution in [3.8, 4) is 11.5 Å². The first kappa shape index (κ1) is 19.6. The lowest BCUT2D eigenvalue weighted by molar-refractivity contribution is 0.240. The maximum absolute atomic E-state index is 11.9. The van der Waals surface area contributed by atoms with E-state index in [1.807, 2.05) is 36.4 Å². The molecule has 0 saturated heterocycles. The number of ether oxygens (including phenoxy) is 2. The molecule has 0 aliphatic heterocycles. The fraction of sp³-hybridized carbons (Fsp3) is 0.381. The van der Waals surface area contributed by atoms with Crippen LogP contribution in [0.1, 0.15) is 30.4 Å². The Hall–Kier alpha value is -2.69. The van der Waals surface area contributed by atoms with Gasteiger partial charge in [0.1, 0.15) is 0 Å². The van der Waals surface area contributed by atoms with Gasteiger partial charge in [0.25, 0.3) is 0 Å². The minimum Gasteiger partial charge on any atom is -0.493 e. The molecule has 0 saturated carbocycles. The topological polar surface area (TPSA) is 59.6 Å². The number of urea groups is 1. The first-order valence-electron chi connectivity index (χ1n) is 8.91. The summed E-state index contributed by atoms with van der Waals surface area (Å²) >= 11 is 0. The molecular weight excluding hydrogens is 328 g/mol. The molecule has 5 heteroatoms. The van der Waals surface area contributed by atoms with Crippen molar-refractivity contribution in [1.82, 2.24) is 10.6 Å². The summed E-state index contributed by atoms with van der Waals surface area (Å²) in [7, 11) is 3.23. The summed E-state index contributed by atoms with van der Waals surface area (Å²) in [4.78, 5) is 11.9. The van der Waals surface area contributed by atoms with Crippen molar-refractivity contribution in [2.75, 3.05) is 27.3 Å². The highest BCUT2D eigenvalue weighted by molar-refractivity contribution is 5.73. The molecule has 1 atom stereocenters. The number of rotatable bonds is 9. The van der Waals surface area contributed by atoms with Gasteiger partial charge in [0.15, 0.2) is 11.5 Å². The average Bonchev–Trinajstić information content (AvgIpc) is 2.68. The normalized spacial score (nSPS) is 11.5. The molecule has 2 aromatic carbocycles. The Labute approximate surface area is 155 Å². The number of nitrogens with one attached hydrogen (secondary N) is 2. The van der Waals surface area contributed by atoms with Crippen LogP contribution in [0, 0.1) is 0 Å². The molecule has 0 aromatic heterocycles. The fourth-order valence-corrected chi connectivity index (χ4v) is 2.77. The van der Waals surface area contributed by atoms with E-state index < -0.39 is 0 Å². The van der Waals surface area contributed by atoms with Crippen molar-refractivity contribution in [3.63, 3.8) is 0 Å². The van der Waals surface area contributed by atoms with E-state index in [9.17, 15) is 4.79 Å². The van der Waals surface area contributed by atoms with Gasteiger partial charge in [-0.2, -0.15) is 0 Å². The van der Waals surface area contributed by atoms with E-state index in [1.165, 1.54) is 5.56 Å². The molecular formula is C21H28N2O3. The van der Waals surface area contributed by atoms with Gasteiger partial charge in [-0.15, -0.1) is 0 Å².